The predicted octanol–water partition coefficient (Wildman–Crippen LogP) is 0.816. The van der Waals surface area contributed by atoms with Crippen LogP contribution in [0.25, 0.3) is 0 Å². The number of thioether (sulfide) groups is 1. The lowest BCUT2D eigenvalue weighted by Gasteiger charge is -2.28. The van der Waals surface area contributed by atoms with Gasteiger partial charge in [-0.2, -0.15) is 0 Å². The average molecular weight is 325 g/mol. The summed E-state index contributed by atoms with van der Waals surface area (Å²) in [4.78, 5) is 23.9. The second-order valence-electron chi connectivity index (χ2n) is 4.69. The van der Waals surface area contributed by atoms with E-state index in [1.54, 1.807) is 17.8 Å². The van der Waals surface area contributed by atoms with Gasteiger partial charge in [0.2, 0.25) is 0 Å². The number of aryl methyl sites for hydroxylation is 1. The third-order valence-electron chi connectivity index (χ3n) is 3.16. The minimum absolute atomic E-state index is 0.288. The summed E-state index contributed by atoms with van der Waals surface area (Å²) >= 11 is 1.40. The van der Waals surface area contributed by atoms with Gasteiger partial charge in [0, 0.05) is 18.5 Å². The third kappa shape index (κ3) is 3.59. The number of hydrogen-bond acceptors (Lipinski definition) is 6. The first kappa shape index (κ1) is 16.3. The van der Waals surface area contributed by atoms with E-state index in [1.807, 2.05) is 14.0 Å². The Hall–Kier alpha value is -2.03. The van der Waals surface area contributed by atoms with E-state index in [-0.39, 0.29) is 18.7 Å². The number of nitrogens with zero attached hydrogens (tertiary/aromatic N) is 3. The predicted molar refractivity (Wildman–Crippen MR) is 81.1 cm³/mol. The average Bonchev–Trinajstić information content (AvgIpc) is 2.89. The van der Waals surface area contributed by atoms with Crippen molar-refractivity contribution in [2.24, 2.45) is 7.05 Å². The molecule has 0 radical (unpaired) electrons. The first-order chi connectivity index (χ1) is 10.6. The molecule has 0 bridgehead atoms. The van der Waals surface area contributed by atoms with Crippen molar-refractivity contribution in [1.82, 2.24) is 25.4 Å². The van der Waals surface area contributed by atoms with Gasteiger partial charge in [-0.25, -0.2) is 9.59 Å². The van der Waals surface area contributed by atoms with Crippen molar-refractivity contribution in [2.45, 2.75) is 31.5 Å². The van der Waals surface area contributed by atoms with Crippen molar-refractivity contribution < 1.29 is 14.3 Å². The second kappa shape index (κ2) is 7.30. The van der Waals surface area contributed by atoms with Crippen molar-refractivity contribution >= 4 is 23.8 Å². The van der Waals surface area contributed by atoms with E-state index in [2.05, 4.69) is 20.8 Å². The molecule has 1 aliphatic rings. The van der Waals surface area contributed by atoms with Crippen molar-refractivity contribution in [3.05, 3.63) is 17.6 Å². The molecule has 1 aliphatic heterocycles. The van der Waals surface area contributed by atoms with Crippen LogP contribution in [0.15, 0.2) is 22.8 Å². The number of esters is 1. The molecule has 8 nitrogen and oxygen atoms in total. The fourth-order valence-electron chi connectivity index (χ4n) is 2.12. The van der Waals surface area contributed by atoms with Gasteiger partial charge >= 0.3 is 12.0 Å². The van der Waals surface area contributed by atoms with Crippen LogP contribution in [-0.2, 0) is 16.6 Å². The molecule has 0 aliphatic carbocycles. The number of carbonyl (C=O) groups is 2. The SMILES string of the molecule is CCOC(=O)C1=C(CSc2nncn2C)NC(=O)N[C@H]1CC. The molecule has 2 rings (SSSR count). The number of rotatable bonds is 6. The van der Waals surface area contributed by atoms with Gasteiger partial charge in [-0.05, 0) is 13.3 Å². The molecule has 1 atom stereocenters. The van der Waals surface area contributed by atoms with E-state index < -0.39 is 5.97 Å². The van der Waals surface area contributed by atoms with Crippen LogP contribution in [-0.4, -0.2) is 45.2 Å². The lowest BCUT2D eigenvalue weighted by Crippen LogP contribution is -2.50. The molecule has 2 N–H and O–H groups in total. The standard InChI is InChI=1S/C13H19N5O3S/c1-4-8-10(11(19)21-5-2)9(16-12(20)15-8)6-22-13-17-14-7-18(13)3/h7-8H,4-6H2,1-3H3,(H2,15,16,20)/t8-/m0/s1. The van der Waals surface area contributed by atoms with Gasteiger partial charge in [0.1, 0.15) is 6.33 Å². The van der Waals surface area contributed by atoms with Gasteiger partial charge in [-0.3, -0.25) is 0 Å². The van der Waals surface area contributed by atoms with Crippen LogP contribution in [0.1, 0.15) is 20.3 Å². The van der Waals surface area contributed by atoms with E-state index in [1.165, 1.54) is 11.8 Å². The number of hydrogen-bond donors (Lipinski definition) is 2. The van der Waals surface area contributed by atoms with Crippen LogP contribution in [0, 0.1) is 0 Å². The quantitative estimate of drug-likeness (QED) is 0.593. The van der Waals surface area contributed by atoms with E-state index in [0.717, 1.165) is 0 Å². The first-order valence-corrected chi connectivity index (χ1v) is 7.99. The zero-order chi connectivity index (χ0) is 16.1. The fourth-order valence-corrected chi connectivity index (χ4v) is 2.97. The topological polar surface area (TPSA) is 98.1 Å². The molecule has 0 spiro atoms. The molecule has 0 saturated carbocycles. The van der Waals surface area contributed by atoms with Gasteiger partial charge in [-0.1, -0.05) is 18.7 Å². The van der Waals surface area contributed by atoms with Crippen molar-refractivity contribution in [2.75, 3.05) is 12.4 Å². The van der Waals surface area contributed by atoms with E-state index in [4.69, 9.17) is 4.74 Å². The molecule has 120 valence electrons. The summed E-state index contributed by atoms with van der Waals surface area (Å²) in [6.07, 6.45) is 2.21. The molecular formula is C13H19N5O3S. The minimum atomic E-state index is -0.407. The Balaban J connectivity index is 2.24. The van der Waals surface area contributed by atoms with Crippen LogP contribution < -0.4 is 10.6 Å². The maximum atomic E-state index is 12.2. The molecule has 2 heterocycles. The number of nitrogens with one attached hydrogen (secondary N) is 2. The Bertz CT molecular complexity index is 598. The summed E-state index contributed by atoms with van der Waals surface area (Å²) in [5.41, 5.74) is 1.03. The van der Waals surface area contributed by atoms with E-state index >= 15 is 0 Å². The van der Waals surface area contributed by atoms with Crippen molar-refractivity contribution in [3.8, 4) is 0 Å². The van der Waals surface area contributed by atoms with Crippen molar-refractivity contribution in [3.63, 3.8) is 0 Å². The lowest BCUT2D eigenvalue weighted by atomic mass is 10.0. The maximum Gasteiger partial charge on any atom is 0.337 e. The first-order valence-electron chi connectivity index (χ1n) is 7.01. The molecule has 22 heavy (non-hydrogen) atoms. The van der Waals surface area contributed by atoms with Gasteiger partial charge in [-0.15, -0.1) is 10.2 Å². The smallest absolute Gasteiger partial charge is 0.337 e. The summed E-state index contributed by atoms with van der Waals surface area (Å²) in [6, 6.07) is -0.656. The van der Waals surface area contributed by atoms with Crippen LogP contribution in [0.4, 0.5) is 4.79 Å². The Morgan fingerprint density at radius 1 is 1.50 bits per heavy atom. The Kier molecular flexibility index (Phi) is 5.42. The second-order valence-corrected chi connectivity index (χ2v) is 5.63. The Labute approximate surface area is 132 Å². The van der Waals surface area contributed by atoms with Crippen LogP contribution >= 0.6 is 11.8 Å². The van der Waals surface area contributed by atoms with E-state index in [9.17, 15) is 9.59 Å². The number of aromatic nitrogens is 3. The molecule has 9 heteroatoms. The zero-order valence-corrected chi connectivity index (χ0v) is 13.6. The van der Waals surface area contributed by atoms with Gasteiger partial charge in [0.05, 0.1) is 18.2 Å². The highest BCUT2D eigenvalue weighted by atomic mass is 32.2. The van der Waals surface area contributed by atoms with Gasteiger partial charge in [0.15, 0.2) is 5.16 Å². The Morgan fingerprint density at radius 3 is 2.86 bits per heavy atom. The summed E-state index contributed by atoms with van der Waals surface area (Å²) < 4.78 is 6.88. The molecule has 0 unspecified atom stereocenters. The van der Waals surface area contributed by atoms with Crippen LogP contribution in [0.2, 0.25) is 0 Å². The van der Waals surface area contributed by atoms with Crippen LogP contribution in [0.5, 0.6) is 0 Å². The minimum Gasteiger partial charge on any atom is -0.463 e. The normalized spacial score (nSPS) is 18.0. The maximum absolute atomic E-state index is 12.2. The number of urea groups is 1. The molecule has 0 aromatic carbocycles. The monoisotopic (exact) mass is 325 g/mol. The zero-order valence-electron chi connectivity index (χ0n) is 12.8. The highest BCUT2D eigenvalue weighted by Crippen LogP contribution is 2.23. The fraction of sp³-hybridized carbons (Fsp3) is 0.538. The van der Waals surface area contributed by atoms with Crippen LogP contribution in [0.3, 0.4) is 0 Å². The van der Waals surface area contributed by atoms with E-state index in [0.29, 0.717) is 28.6 Å². The summed E-state index contributed by atoms with van der Waals surface area (Å²) in [7, 11) is 1.83. The highest BCUT2D eigenvalue weighted by molar-refractivity contribution is 7.99. The van der Waals surface area contributed by atoms with Gasteiger partial charge < -0.3 is 19.9 Å². The summed E-state index contributed by atoms with van der Waals surface area (Å²) in [6.45, 7) is 3.95. The third-order valence-corrected chi connectivity index (χ3v) is 4.22. The van der Waals surface area contributed by atoms with Crippen molar-refractivity contribution in [1.29, 1.82) is 0 Å². The summed E-state index contributed by atoms with van der Waals surface area (Å²) in [5.74, 6) is 0.000319. The van der Waals surface area contributed by atoms with Gasteiger partial charge in [0.25, 0.3) is 0 Å². The molecule has 0 saturated heterocycles. The largest absolute Gasteiger partial charge is 0.463 e. The molecule has 1 aromatic rings. The lowest BCUT2D eigenvalue weighted by molar-refractivity contribution is -0.139. The highest BCUT2D eigenvalue weighted by Gasteiger charge is 2.31. The number of ether oxygens (including phenoxy) is 1. The molecule has 2 amide bonds. The Morgan fingerprint density at radius 2 is 2.27 bits per heavy atom. The number of carbonyl (C=O) groups excluding carboxylic acids is 2. The molecular weight excluding hydrogens is 306 g/mol. The summed E-state index contributed by atoms with van der Waals surface area (Å²) in [5, 5.41) is 13.9. The number of amides is 2. The molecule has 0 fully saturated rings. The molecule has 1 aromatic heterocycles.